The normalized spacial score (nSPS) is 26.9. The number of carboxylic acids is 1. The molecule has 9 nitrogen and oxygen atoms in total. The van der Waals surface area contributed by atoms with Crippen LogP contribution < -0.4 is 0 Å². The van der Waals surface area contributed by atoms with Crippen LogP contribution in [0, 0.1) is 23.7 Å². The molecule has 0 aromatic heterocycles. The molecule has 0 aliphatic heterocycles. The molecule has 0 amide bonds. The number of hydrogen-bond acceptors (Lipinski definition) is 8. The van der Waals surface area contributed by atoms with Crippen LogP contribution in [-0.2, 0) is 38.2 Å². The number of aliphatic carboxylic acids is 1. The van der Waals surface area contributed by atoms with Crippen LogP contribution in [0.5, 0.6) is 0 Å². The minimum atomic E-state index is -3.88. The van der Waals surface area contributed by atoms with Crippen molar-refractivity contribution in [3.8, 4) is 0 Å². The number of allylic oxidation sites excluding steroid dienone is 2. The third kappa shape index (κ3) is 9.11. The first-order valence-corrected chi connectivity index (χ1v) is 15.1. The van der Waals surface area contributed by atoms with Crippen molar-refractivity contribution in [3.63, 3.8) is 0 Å². The number of carboxylic acid groups (broad SMARTS) is 1. The summed E-state index contributed by atoms with van der Waals surface area (Å²) in [7, 11) is -7.72. The van der Waals surface area contributed by atoms with Gasteiger partial charge in [0.05, 0.1) is 12.5 Å². The Kier molecular flexibility index (Phi) is 10.1. The largest absolute Gasteiger partial charge is 0.481 e. The van der Waals surface area contributed by atoms with Gasteiger partial charge < -0.3 is 5.11 Å². The van der Waals surface area contributed by atoms with Gasteiger partial charge in [0.2, 0.25) is 0 Å². The van der Waals surface area contributed by atoms with Crippen LogP contribution in [0.2, 0.25) is 0 Å². The van der Waals surface area contributed by atoms with Crippen LogP contribution >= 0.6 is 0 Å². The van der Waals surface area contributed by atoms with E-state index in [-0.39, 0.29) is 35.9 Å². The Morgan fingerprint density at radius 1 is 1.09 bits per heavy atom. The summed E-state index contributed by atoms with van der Waals surface area (Å²) in [5, 5.41) is 8.69. The lowest BCUT2D eigenvalue weighted by Gasteiger charge is -2.27. The Balaban J connectivity index is 2.13. The Bertz CT molecular complexity index is 924. The van der Waals surface area contributed by atoms with Gasteiger partial charge in [0.15, 0.2) is 0 Å². The van der Waals surface area contributed by atoms with Crippen molar-refractivity contribution in [2.75, 3.05) is 12.5 Å². The van der Waals surface area contributed by atoms with Crippen molar-refractivity contribution in [1.29, 1.82) is 0 Å². The molecule has 11 heteroatoms. The first-order valence-electron chi connectivity index (χ1n) is 11.5. The summed E-state index contributed by atoms with van der Waals surface area (Å²) in [6.07, 6.45) is 8.51. The lowest BCUT2D eigenvalue weighted by Crippen LogP contribution is -2.38. The van der Waals surface area contributed by atoms with E-state index in [4.69, 9.17) is 13.5 Å². The average molecular weight is 509 g/mol. The molecule has 2 rings (SSSR count). The molecule has 1 N–H and O–H groups in total. The van der Waals surface area contributed by atoms with E-state index < -0.39 is 38.4 Å². The SMILES string of the molecule is CCCCCC(OS(C)(=O)=O)C(OS(C)(=O)=O)C1C2CC(=O)C(CC=CCCCC(=O)O)C21. The van der Waals surface area contributed by atoms with Gasteiger partial charge in [-0.1, -0.05) is 38.3 Å². The Morgan fingerprint density at radius 2 is 1.76 bits per heavy atom. The minimum absolute atomic E-state index is 0.0495. The summed E-state index contributed by atoms with van der Waals surface area (Å²) >= 11 is 0. The molecule has 2 aliphatic rings. The summed E-state index contributed by atoms with van der Waals surface area (Å²) < 4.78 is 58.5. The van der Waals surface area contributed by atoms with Crippen molar-refractivity contribution in [2.24, 2.45) is 23.7 Å². The van der Waals surface area contributed by atoms with Crippen LogP contribution in [0.4, 0.5) is 0 Å². The lowest BCUT2D eigenvalue weighted by atomic mass is 9.90. The van der Waals surface area contributed by atoms with Gasteiger partial charge >= 0.3 is 5.97 Å². The monoisotopic (exact) mass is 508 g/mol. The molecule has 2 aliphatic carbocycles. The number of carbonyl (C=O) groups is 2. The molecule has 6 unspecified atom stereocenters. The topological polar surface area (TPSA) is 141 Å². The van der Waals surface area contributed by atoms with Crippen LogP contribution in [0.25, 0.3) is 0 Å². The number of hydrogen-bond donors (Lipinski definition) is 1. The van der Waals surface area contributed by atoms with Gasteiger partial charge in [0.25, 0.3) is 20.2 Å². The van der Waals surface area contributed by atoms with Gasteiger partial charge in [-0.2, -0.15) is 16.8 Å². The fourth-order valence-corrected chi connectivity index (χ4v) is 6.32. The third-order valence-electron chi connectivity index (χ3n) is 6.35. The van der Waals surface area contributed by atoms with Gasteiger partial charge in [0.1, 0.15) is 18.0 Å². The molecular weight excluding hydrogens is 472 g/mol. The van der Waals surface area contributed by atoms with E-state index in [9.17, 15) is 26.4 Å². The third-order valence-corrected chi connectivity index (χ3v) is 7.52. The Hall–Kier alpha value is -1.30. The standard InChI is InChI=1S/C22H36O9S2/c1-4-5-8-12-18(30-32(2,26)27)22(31-33(3,28)29)21-16-14-17(23)15(20(16)21)11-9-6-7-10-13-19(24)25/h6,9,15-16,18,20-22H,4-5,7-8,10-14H2,1-3H3,(H,24,25). The summed E-state index contributed by atoms with van der Waals surface area (Å²) in [4.78, 5) is 23.1. The maximum absolute atomic E-state index is 12.5. The fourth-order valence-electron chi connectivity index (χ4n) is 5.01. The van der Waals surface area contributed by atoms with Crippen molar-refractivity contribution >= 4 is 32.0 Å². The first kappa shape index (κ1) is 27.9. The number of Topliss-reactive ketones (excluding diaryl/α,β-unsaturated/α-hetero) is 1. The zero-order valence-electron chi connectivity index (χ0n) is 19.5. The highest BCUT2D eigenvalue weighted by atomic mass is 32.2. The zero-order valence-corrected chi connectivity index (χ0v) is 21.1. The van der Waals surface area contributed by atoms with Gasteiger partial charge in [-0.25, -0.2) is 0 Å². The van der Waals surface area contributed by atoms with E-state index in [0.717, 1.165) is 25.4 Å². The van der Waals surface area contributed by atoms with E-state index >= 15 is 0 Å². The molecule has 0 aromatic carbocycles. The van der Waals surface area contributed by atoms with Crippen molar-refractivity contribution < 1.29 is 39.9 Å². The van der Waals surface area contributed by atoms with Crippen LogP contribution in [0.3, 0.4) is 0 Å². The lowest BCUT2D eigenvalue weighted by molar-refractivity contribution is -0.137. The van der Waals surface area contributed by atoms with Crippen LogP contribution in [-0.4, -0.2) is 58.4 Å². The molecule has 0 spiro atoms. The number of fused-ring (bicyclic) bond motifs is 1. The maximum Gasteiger partial charge on any atom is 0.303 e. The zero-order chi connectivity index (χ0) is 24.8. The number of rotatable bonds is 16. The van der Waals surface area contributed by atoms with E-state index in [0.29, 0.717) is 38.5 Å². The van der Waals surface area contributed by atoms with Gasteiger partial charge in [-0.05, 0) is 43.4 Å². The van der Waals surface area contributed by atoms with Gasteiger partial charge in [-0.3, -0.25) is 18.0 Å². The highest BCUT2D eigenvalue weighted by Crippen LogP contribution is 2.62. The fraction of sp³-hybridized carbons (Fsp3) is 0.818. The predicted molar refractivity (Wildman–Crippen MR) is 122 cm³/mol. The van der Waals surface area contributed by atoms with E-state index in [1.807, 2.05) is 19.1 Å². The number of ketones is 1. The highest BCUT2D eigenvalue weighted by molar-refractivity contribution is 7.86. The highest BCUT2D eigenvalue weighted by Gasteiger charge is 2.65. The van der Waals surface area contributed by atoms with Crippen LogP contribution in [0.15, 0.2) is 12.2 Å². The minimum Gasteiger partial charge on any atom is -0.481 e. The average Bonchev–Trinajstić information content (AvgIpc) is 3.25. The number of carbonyl (C=O) groups excluding carboxylic acids is 1. The van der Waals surface area contributed by atoms with Crippen molar-refractivity contribution in [1.82, 2.24) is 0 Å². The van der Waals surface area contributed by atoms with Crippen molar-refractivity contribution in [3.05, 3.63) is 12.2 Å². The first-order chi connectivity index (χ1) is 15.3. The Labute approximate surface area is 197 Å². The second-order valence-corrected chi connectivity index (χ2v) is 12.4. The molecule has 0 bridgehead atoms. The van der Waals surface area contributed by atoms with E-state index in [1.165, 1.54) is 0 Å². The molecule has 2 saturated carbocycles. The quantitative estimate of drug-likeness (QED) is 0.189. The maximum atomic E-state index is 12.5. The molecule has 33 heavy (non-hydrogen) atoms. The molecule has 190 valence electrons. The van der Waals surface area contributed by atoms with Gasteiger partial charge in [0, 0.05) is 18.8 Å². The van der Waals surface area contributed by atoms with Crippen LogP contribution in [0.1, 0.15) is 64.7 Å². The molecule has 0 saturated heterocycles. The molecule has 0 aromatic rings. The number of unbranched alkanes of at least 4 members (excludes halogenated alkanes) is 3. The molecule has 0 radical (unpaired) electrons. The van der Waals surface area contributed by atoms with Gasteiger partial charge in [-0.15, -0.1) is 0 Å². The summed E-state index contributed by atoms with van der Waals surface area (Å²) in [6, 6.07) is 0. The Morgan fingerprint density at radius 3 is 2.33 bits per heavy atom. The predicted octanol–water partition coefficient (Wildman–Crippen LogP) is 2.91. The molecule has 6 atom stereocenters. The summed E-state index contributed by atoms with van der Waals surface area (Å²) in [5.41, 5.74) is 0. The smallest absolute Gasteiger partial charge is 0.303 e. The van der Waals surface area contributed by atoms with E-state index in [1.54, 1.807) is 0 Å². The molecule has 2 fully saturated rings. The summed E-state index contributed by atoms with van der Waals surface area (Å²) in [5.74, 6) is -1.41. The second-order valence-electron chi connectivity index (χ2n) is 9.19. The summed E-state index contributed by atoms with van der Waals surface area (Å²) in [6.45, 7) is 2.01. The van der Waals surface area contributed by atoms with Crippen molar-refractivity contribution in [2.45, 2.75) is 76.9 Å². The second kappa shape index (κ2) is 11.9. The molecule has 0 heterocycles. The molecular formula is C22H36O9S2. The van der Waals surface area contributed by atoms with E-state index in [2.05, 4.69) is 0 Å².